The Balaban J connectivity index is 1.84. The van der Waals surface area contributed by atoms with Gasteiger partial charge in [-0.15, -0.1) is 11.3 Å². The molecule has 0 radical (unpaired) electrons. The summed E-state index contributed by atoms with van der Waals surface area (Å²) in [7, 11) is 0. The van der Waals surface area contributed by atoms with Crippen LogP contribution in [0.4, 0.5) is 5.13 Å². The number of thiazole rings is 1. The summed E-state index contributed by atoms with van der Waals surface area (Å²) in [6.07, 6.45) is 4.05. The maximum absolute atomic E-state index is 12.2. The van der Waals surface area contributed by atoms with Crippen LogP contribution < -0.4 is 16.2 Å². The quantitative estimate of drug-likeness (QED) is 0.534. The number of carboxylic acids is 1. The number of hydrogen-bond acceptors (Lipinski definition) is 7. The first kappa shape index (κ1) is 17.9. The first-order valence-corrected chi connectivity index (χ1v) is 10.6. The van der Waals surface area contributed by atoms with Crippen LogP contribution in [-0.2, 0) is 19.4 Å². The Labute approximate surface area is 161 Å². The summed E-state index contributed by atoms with van der Waals surface area (Å²) < 4.78 is 0. The van der Waals surface area contributed by atoms with Crippen molar-refractivity contribution in [3.63, 3.8) is 0 Å². The number of carboxylic acid groups (broad SMARTS) is 1. The van der Waals surface area contributed by atoms with E-state index in [1.165, 1.54) is 11.3 Å². The predicted molar refractivity (Wildman–Crippen MR) is 106 cm³/mol. The molecule has 1 fully saturated rings. The third kappa shape index (κ3) is 3.05. The highest BCUT2D eigenvalue weighted by Gasteiger charge is 2.34. The van der Waals surface area contributed by atoms with Crippen LogP contribution in [0.1, 0.15) is 53.2 Å². The van der Waals surface area contributed by atoms with Crippen molar-refractivity contribution in [1.29, 1.82) is 0 Å². The molecule has 0 bridgehead atoms. The van der Waals surface area contributed by atoms with Gasteiger partial charge in [-0.2, -0.15) is 0 Å². The standard InChI is InChI=1S/C18H24N4O2S2/c1-18(2)5-4-12-10(8-18)13(16(23)24)15(25-12)14-11(9-20-19)21-17(26-14)22-6-3-7-22/h20H,3-9,19H2,1-2H3,(H,23,24). The lowest BCUT2D eigenvalue weighted by Gasteiger charge is -2.30. The smallest absolute Gasteiger partial charge is 0.337 e. The summed E-state index contributed by atoms with van der Waals surface area (Å²) in [5, 5.41) is 10.9. The van der Waals surface area contributed by atoms with Crippen LogP contribution in [0.15, 0.2) is 0 Å². The fourth-order valence-corrected chi connectivity index (χ4v) is 6.28. The number of aromatic nitrogens is 1. The second-order valence-electron chi connectivity index (χ2n) is 7.85. The second-order valence-corrected chi connectivity index (χ2v) is 9.93. The van der Waals surface area contributed by atoms with Gasteiger partial charge in [-0.25, -0.2) is 9.78 Å². The maximum atomic E-state index is 12.2. The summed E-state index contributed by atoms with van der Waals surface area (Å²) in [5.41, 5.74) is 5.19. The van der Waals surface area contributed by atoms with Crippen LogP contribution in [0.3, 0.4) is 0 Å². The minimum absolute atomic E-state index is 0.147. The highest BCUT2D eigenvalue weighted by molar-refractivity contribution is 7.24. The number of nitrogens with one attached hydrogen (secondary N) is 1. The number of hydrazine groups is 1. The van der Waals surface area contributed by atoms with Crippen molar-refractivity contribution in [2.24, 2.45) is 11.3 Å². The van der Waals surface area contributed by atoms with Crippen LogP contribution >= 0.6 is 22.7 Å². The number of hydrogen-bond donors (Lipinski definition) is 3. The first-order valence-electron chi connectivity index (χ1n) is 8.96. The average Bonchev–Trinajstić information content (AvgIpc) is 3.06. The topological polar surface area (TPSA) is 91.5 Å². The van der Waals surface area contributed by atoms with Crippen molar-refractivity contribution in [3.05, 3.63) is 21.7 Å². The molecule has 3 heterocycles. The number of carbonyl (C=O) groups is 1. The molecule has 1 aliphatic heterocycles. The zero-order valence-electron chi connectivity index (χ0n) is 15.1. The van der Waals surface area contributed by atoms with E-state index in [-0.39, 0.29) is 5.41 Å². The molecule has 2 aromatic rings. The van der Waals surface area contributed by atoms with Gasteiger partial charge in [0.1, 0.15) is 0 Å². The van der Waals surface area contributed by atoms with E-state index >= 15 is 0 Å². The van der Waals surface area contributed by atoms with E-state index in [4.69, 9.17) is 10.8 Å². The normalized spacial score (nSPS) is 18.5. The first-order chi connectivity index (χ1) is 12.4. The largest absolute Gasteiger partial charge is 0.478 e. The molecule has 2 aromatic heterocycles. The summed E-state index contributed by atoms with van der Waals surface area (Å²) in [6, 6.07) is 0. The summed E-state index contributed by atoms with van der Waals surface area (Å²) in [5.74, 6) is 4.73. The Morgan fingerprint density at radius 1 is 1.35 bits per heavy atom. The number of nitrogens with zero attached hydrogens (tertiary/aromatic N) is 2. The lowest BCUT2D eigenvalue weighted by atomic mass is 9.76. The van der Waals surface area contributed by atoms with E-state index in [1.807, 2.05) is 0 Å². The summed E-state index contributed by atoms with van der Waals surface area (Å²) >= 11 is 3.23. The minimum atomic E-state index is -0.833. The molecule has 8 heteroatoms. The van der Waals surface area contributed by atoms with E-state index in [9.17, 15) is 9.90 Å². The molecule has 0 aromatic carbocycles. The van der Waals surface area contributed by atoms with E-state index in [0.717, 1.165) is 58.5 Å². The molecule has 26 heavy (non-hydrogen) atoms. The van der Waals surface area contributed by atoms with Crippen LogP contribution in [-0.4, -0.2) is 29.1 Å². The van der Waals surface area contributed by atoms with Gasteiger partial charge in [0.2, 0.25) is 0 Å². The summed E-state index contributed by atoms with van der Waals surface area (Å²) in [6.45, 7) is 6.91. The third-order valence-corrected chi connectivity index (χ3v) is 7.89. The Kier molecular flexibility index (Phi) is 4.54. The molecular weight excluding hydrogens is 368 g/mol. The van der Waals surface area contributed by atoms with E-state index in [1.54, 1.807) is 22.7 Å². The van der Waals surface area contributed by atoms with Gasteiger partial charge in [0.15, 0.2) is 5.13 Å². The number of aromatic carboxylic acids is 1. The van der Waals surface area contributed by atoms with Gasteiger partial charge in [0, 0.05) is 18.0 Å². The monoisotopic (exact) mass is 392 g/mol. The minimum Gasteiger partial charge on any atom is -0.478 e. The Morgan fingerprint density at radius 3 is 2.73 bits per heavy atom. The molecule has 1 aliphatic carbocycles. The van der Waals surface area contributed by atoms with Crippen molar-refractivity contribution >= 4 is 33.8 Å². The lowest BCUT2D eigenvalue weighted by Crippen LogP contribution is -2.36. The number of thiophene rings is 1. The average molecular weight is 393 g/mol. The molecule has 0 amide bonds. The summed E-state index contributed by atoms with van der Waals surface area (Å²) in [4.78, 5) is 22.2. The molecule has 0 atom stereocenters. The van der Waals surface area contributed by atoms with E-state index in [0.29, 0.717) is 12.1 Å². The number of fused-ring (bicyclic) bond motifs is 1. The van der Waals surface area contributed by atoms with Crippen LogP contribution in [0.5, 0.6) is 0 Å². The van der Waals surface area contributed by atoms with Gasteiger partial charge < -0.3 is 10.0 Å². The molecular formula is C18H24N4O2S2. The van der Waals surface area contributed by atoms with Gasteiger partial charge in [-0.3, -0.25) is 11.3 Å². The zero-order valence-corrected chi connectivity index (χ0v) is 16.7. The molecule has 0 saturated carbocycles. The van der Waals surface area contributed by atoms with Gasteiger partial charge in [-0.1, -0.05) is 25.2 Å². The van der Waals surface area contributed by atoms with E-state index in [2.05, 4.69) is 24.2 Å². The molecule has 140 valence electrons. The van der Waals surface area contributed by atoms with Crippen molar-refractivity contribution in [2.75, 3.05) is 18.0 Å². The number of nitrogens with two attached hydrogens (primary N) is 1. The molecule has 1 saturated heterocycles. The van der Waals surface area contributed by atoms with Gasteiger partial charge in [-0.05, 0) is 36.7 Å². The van der Waals surface area contributed by atoms with Crippen LogP contribution in [0.2, 0.25) is 0 Å². The van der Waals surface area contributed by atoms with Crippen molar-refractivity contribution < 1.29 is 9.90 Å². The second kappa shape index (κ2) is 6.60. The van der Waals surface area contributed by atoms with Crippen LogP contribution in [0.25, 0.3) is 9.75 Å². The molecule has 2 aliphatic rings. The lowest BCUT2D eigenvalue weighted by molar-refractivity contribution is 0.0696. The van der Waals surface area contributed by atoms with Crippen molar-refractivity contribution in [2.45, 2.75) is 46.1 Å². The van der Waals surface area contributed by atoms with Gasteiger partial charge in [0.05, 0.1) is 27.6 Å². The molecule has 0 spiro atoms. The van der Waals surface area contributed by atoms with E-state index < -0.39 is 5.97 Å². The number of anilines is 1. The number of rotatable bonds is 5. The van der Waals surface area contributed by atoms with Crippen molar-refractivity contribution in [1.82, 2.24) is 10.4 Å². The molecule has 6 nitrogen and oxygen atoms in total. The highest BCUT2D eigenvalue weighted by atomic mass is 32.1. The zero-order chi connectivity index (χ0) is 18.5. The van der Waals surface area contributed by atoms with Crippen molar-refractivity contribution in [3.8, 4) is 9.75 Å². The Morgan fingerprint density at radius 2 is 2.12 bits per heavy atom. The molecule has 0 unspecified atom stereocenters. The Hall–Kier alpha value is -1.48. The van der Waals surface area contributed by atoms with Gasteiger partial charge in [0.25, 0.3) is 0 Å². The molecule has 4 N–H and O–H groups in total. The highest BCUT2D eigenvalue weighted by Crippen LogP contribution is 2.48. The SMILES string of the molecule is CC1(C)CCc2sc(-c3sc(N4CCC4)nc3CNN)c(C(=O)O)c2C1. The third-order valence-electron chi connectivity index (χ3n) is 5.28. The Bertz CT molecular complexity index is 852. The number of aryl methyl sites for hydroxylation is 1. The molecule has 4 rings (SSSR count). The maximum Gasteiger partial charge on any atom is 0.337 e. The van der Waals surface area contributed by atoms with Gasteiger partial charge >= 0.3 is 5.97 Å². The fraction of sp³-hybridized carbons (Fsp3) is 0.556. The predicted octanol–water partition coefficient (Wildman–Crippen LogP) is 3.26. The fourth-order valence-electron chi connectivity index (χ4n) is 3.68. The van der Waals surface area contributed by atoms with Crippen LogP contribution in [0, 0.1) is 5.41 Å².